The number of aryl methyl sites for hydroxylation is 1. The van der Waals surface area contributed by atoms with Crippen molar-refractivity contribution >= 4 is 0 Å². The minimum absolute atomic E-state index is 0.276. The molecule has 3 rings (SSSR count). The molecule has 0 bridgehead atoms. The molecule has 1 N–H and O–H groups in total. The number of nitrogens with zero attached hydrogens (tertiary/aromatic N) is 1. The Morgan fingerprint density at radius 1 is 1.20 bits per heavy atom. The summed E-state index contributed by atoms with van der Waals surface area (Å²) in [6, 6.07) is 11.7. The second-order valence-corrected chi connectivity index (χ2v) is 7.23. The minimum atomic E-state index is 0.276. The summed E-state index contributed by atoms with van der Waals surface area (Å²) in [6.07, 6.45) is 5.38. The summed E-state index contributed by atoms with van der Waals surface area (Å²) >= 11 is 0. The molecule has 0 aromatic heterocycles. The van der Waals surface area contributed by atoms with Gasteiger partial charge >= 0.3 is 0 Å². The zero-order valence-corrected chi connectivity index (χ0v) is 12.9. The molecule has 1 saturated carbocycles. The van der Waals surface area contributed by atoms with Gasteiger partial charge in [0.1, 0.15) is 0 Å². The fourth-order valence-corrected chi connectivity index (χ4v) is 3.51. The van der Waals surface area contributed by atoms with Crippen LogP contribution in [0.25, 0.3) is 0 Å². The number of nitrogens with one attached hydrogen (secondary N) is 1. The maximum atomic E-state index is 3.73. The van der Waals surface area contributed by atoms with Gasteiger partial charge in [0, 0.05) is 24.7 Å². The van der Waals surface area contributed by atoms with Gasteiger partial charge < -0.3 is 5.32 Å². The molecule has 1 saturated heterocycles. The van der Waals surface area contributed by atoms with Crippen LogP contribution in [-0.2, 0) is 6.42 Å². The highest BCUT2D eigenvalue weighted by Crippen LogP contribution is 2.37. The third-order valence-electron chi connectivity index (χ3n) is 4.78. The first kappa shape index (κ1) is 14.1. The third-order valence-corrected chi connectivity index (χ3v) is 4.78. The van der Waals surface area contributed by atoms with Gasteiger partial charge in [-0.15, -0.1) is 0 Å². The van der Waals surface area contributed by atoms with E-state index in [0.717, 1.165) is 12.0 Å². The molecule has 1 atom stereocenters. The monoisotopic (exact) mass is 272 g/mol. The molecule has 0 radical (unpaired) electrons. The normalized spacial score (nSPS) is 26.6. The summed E-state index contributed by atoms with van der Waals surface area (Å²) in [7, 11) is 0. The average Bonchev–Trinajstić information content (AvgIpc) is 3.24. The van der Waals surface area contributed by atoms with Crippen LogP contribution in [0, 0.1) is 5.92 Å². The Balaban J connectivity index is 1.53. The first-order valence-corrected chi connectivity index (χ1v) is 8.17. The quantitative estimate of drug-likeness (QED) is 0.886. The Morgan fingerprint density at radius 3 is 2.65 bits per heavy atom. The molecule has 1 aromatic carbocycles. The van der Waals surface area contributed by atoms with Crippen molar-refractivity contribution in [3.05, 3.63) is 35.9 Å². The highest BCUT2D eigenvalue weighted by molar-refractivity contribution is 5.14. The molecule has 2 nitrogen and oxygen atoms in total. The van der Waals surface area contributed by atoms with Crippen molar-refractivity contribution in [2.45, 2.75) is 51.1 Å². The standard InChI is InChI=1S/C18H28N2/c1-18(2)14-20(17(13-19-18)16-10-11-16)12-6-9-15-7-4-3-5-8-15/h3-5,7-8,16-17,19H,6,9-14H2,1-2H3. The number of hydrogen-bond acceptors (Lipinski definition) is 2. The van der Waals surface area contributed by atoms with Crippen molar-refractivity contribution in [2.75, 3.05) is 19.6 Å². The maximum Gasteiger partial charge on any atom is 0.0252 e. The zero-order chi connectivity index (χ0) is 14.0. The number of rotatable bonds is 5. The van der Waals surface area contributed by atoms with Gasteiger partial charge in [0.15, 0.2) is 0 Å². The molecule has 2 aliphatic rings. The summed E-state index contributed by atoms with van der Waals surface area (Å²) in [4.78, 5) is 2.76. The Morgan fingerprint density at radius 2 is 1.95 bits per heavy atom. The number of hydrogen-bond donors (Lipinski definition) is 1. The van der Waals surface area contributed by atoms with Crippen molar-refractivity contribution < 1.29 is 0 Å². The number of piperazine rings is 1. The predicted octanol–water partition coefficient (Wildman–Crippen LogP) is 3.08. The van der Waals surface area contributed by atoms with Crippen LogP contribution in [-0.4, -0.2) is 36.1 Å². The van der Waals surface area contributed by atoms with E-state index in [0.29, 0.717) is 0 Å². The van der Waals surface area contributed by atoms with Gasteiger partial charge in [0.2, 0.25) is 0 Å². The fraction of sp³-hybridized carbons (Fsp3) is 0.667. The molecule has 0 amide bonds. The summed E-state index contributed by atoms with van der Waals surface area (Å²) in [6.45, 7) is 8.30. The molecule has 20 heavy (non-hydrogen) atoms. The van der Waals surface area contributed by atoms with E-state index < -0.39 is 0 Å². The first-order valence-electron chi connectivity index (χ1n) is 8.17. The SMILES string of the molecule is CC1(C)CN(CCCc2ccccc2)C(C2CC2)CN1. The topological polar surface area (TPSA) is 15.3 Å². The van der Waals surface area contributed by atoms with E-state index in [-0.39, 0.29) is 5.54 Å². The summed E-state index contributed by atoms with van der Waals surface area (Å²) in [5.41, 5.74) is 1.75. The molecule has 2 fully saturated rings. The average molecular weight is 272 g/mol. The molecular formula is C18H28N2. The summed E-state index contributed by atoms with van der Waals surface area (Å²) in [5, 5.41) is 3.73. The van der Waals surface area contributed by atoms with Crippen LogP contribution in [0.5, 0.6) is 0 Å². The van der Waals surface area contributed by atoms with Gasteiger partial charge in [-0.25, -0.2) is 0 Å². The Kier molecular flexibility index (Phi) is 4.13. The van der Waals surface area contributed by atoms with E-state index in [1.807, 2.05) is 0 Å². The molecule has 0 spiro atoms. The smallest absolute Gasteiger partial charge is 0.0252 e. The lowest BCUT2D eigenvalue weighted by atomic mass is 9.96. The molecule has 1 aliphatic heterocycles. The first-order chi connectivity index (χ1) is 9.64. The fourth-order valence-electron chi connectivity index (χ4n) is 3.51. The van der Waals surface area contributed by atoms with E-state index in [1.165, 1.54) is 50.9 Å². The lowest BCUT2D eigenvalue weighted by Crippen LogP contribution is -2.62. The van der Waals surface area contributed by atoms with Crippen LogP contribution in [0.3, 0.4) is 0 Å². The Labute approximate surface area is 123 Å². The minimum Gasteiger partial charge on any atom is -0.309 e. The van der Waals surface area contributed by atoms with E-state index >= 15 is 0 Å². The molecule has 110 valence electrons. The Bertz CT molecular complexity index is 422. The van der Waals surface area contributed by atoms with Crippen molar-refractivity contribution in [2.24, 2.45) is 5.92 Å². The van der Waals surface area contributed by atoms with Crippen LogP contribution >= 0.6 is 0 Å². The van der Waals surface area contributed by atoms with Crippen molar-refractivity contribution in [3.63, 3.8) is 0 Å². The van der Waals surface area contributed by atoms with E-state index in [2.05, 4.69) is 54.4 Å². The largest absolute Gasteiger partial charge is 0.309 e. The molecular weight excluding hydrogens is 244 g/mol. The van der Waals surface area contributed by atoms with Gasteiger partial charge in [-0.1, -0.05) is 30.3 Å². The lowest BCUT2D eigenvalue weighted by Gasteiger charge is -2.45. The third kappa shape index (κ3) is 3.62. The van der Waals surface area contributed by atoms with Crippen molar-refractivity contribution in [1.82, 2.24) is 10.2 Å². The summed E-state index contributed by atoms with van der Waals surface area (Å²) in [5.74, 6) is 0.968. The van der Waals surface area contributed by atoms with E-state index in [1.54, 1.807) is 0 Å². The van der Waals surface area contributed by atoms with Crippen LogP contribution in [0.4, 0.5) is 0 Å². The second kappa shape index (κ2) is 5.87. The Hall–Kier alpha value is -0.860. The van der Waals surface area contributed by atoms with E-state index in [4.69, 9.17) is 0 Å². The lowest BCUT2D eigenvalue weighted by molar-refractivity contribution is 0.0818. The zero-order valence-electron chi connectivity index (χ0n) is 12.9. The van der Waals surface area contributed by atoms with Crippen LogP contribution in [0.15, 0.2) is 30.3 Å². The van der Waals surface area contributed by atoms with E-state index in [9.17, 15) is 0 Å². The molecule has 1 unspecified atom stereocenters. The maximum absolute atomic E-state index is 3.73. The molecule has 1 aromatic rings. The van der Waals surface area contributed by atoms with Crippen molar-refractivity contribution in [1.29, 1.82) is 0 Å². The van der Waals surface area contributed by atoms with Gasteiger partial charge in [-0.2, -0.15) is 0 Å². The molecule has 1 heterocycles. The van der Waals surface area contributed by atoms with Gasteiger partial charge in [-0.05, 0) is 57.6 Å². The molecule has 2 heteroatoms. The van der Waals surface area contributed by atoms with Crippen LogP contribution in [0.1, 0.15) is 38.7 Å². The summed E-state index contributed by atoms with van der Waals surface area (Å²) < 4.78 is 0. The van der Waals surface area contributed by atoms with Crippen LogP contribution in [0.2, 0.25) is 0 Å². The second-order valence-electron chi connectivity index (χ2n) is 7.23. The number of benzene rings is 1. The van der Waals surface area contributed by atoms with Gasteiger partial charge in [0.05, 0.1) is 0 Å². The van der Waals surface area contributed by atoms with Crippen molar-refractivity contribution in [3.8, 4) is 0 Å². The van der Waals surface area contributed by atoms with Crippen LogP contribution < -0.4 is 5.32 Å². The highest BCUT2D eigenvalue weighted by Gasteiger charge is 2.40. The molecule has 1 aliphatic carbocycles. The predicted molar refractivity (Wildman–Crippen MR) is 84.9 cm³/mol. The van der Waals surface area contributed by atoms with Gasteiger partial charge in [-0.3, -0.25) is 4.90 Å². The van der Waals surface area contributed by atoms with Gasteiger partial charge in [0.25, 0.3) is 0 Å². The highest BCUT2D eigenvalue weighted by atomic mass is 15.3.